The smallest absolute Gasteiger partial charge is 0.417 e. The molecule has 1 aromatic carbocycles. The molecule has 0 bridgehead atoms. The number of nitrogens with zero attached hydrogens (tertiary/aromatic N) is 2. The first-order valence-corrected chi connectivity index (χ1v) is 8.86. The van der Waals surface area contributed by atoms with E-state index in [2.05, 4.69) is 14.9 Å². The molecule has 3 aromatic rings. The lowest BCUT2D eigenvalue weighted by Crippen LogP contribution is -2.30. The van der Waals surface area contributed by atoms with Crippen molar-refractivity contribution in [3.8, 4) is 11.3 Å². The van der Waals surface area contributed by atoms with E-state index in [4.69, 9.17) is 16.6 Å². The number of aromatic nitrogens is 2. The molecule has 8 heteroatoms. The molecule has 0 amide bonds. The van der Waals surface area contributed by atoms with Crippen LogP contribution in [0.15, 0.2) is 47.0 Å². The quantitative estimate of drug-likeness (QED) is 0.640. The standard InChI is InChI=1S/C19H16F3N3OS/c20-19(21,22)15-4-2-1-3-14(15)17-6-5-13(26-17)11-25-8-7-16-12(10-25)9-23-18(27)24-16/h1-6,9H,7-8,10-11H2,(H,23,24,27). The van der Waals surface area contributed by atoms with Crippen LogP contribution in [0, 0.1) is 4.77 Å². The van der Waals surface area contributed by atoms with Crippen LogP contribution in [0.3, 0.4) is 0 Å². The van der Waals surface area contributed by atoms with Gasteiger partial charge in [0.1, 0.15) is 11.5 Å². The zero-order valence-electron chi connectivity index (χ0n) is 14.2. The number of fused-ring (bicyclic) bond motifs is 1. The maximum Gasteiger partial charge on any atom is 0.417 e. The van der Waals surface area contributed by atoms with Crippen molar-refractivity contribution in [2.24, 2.45) is 0 Å². The highest BCUT2D eigenvalue weighted by Crippen LogP contribution is 2.37. The summed E-state index contributed by atoms with van der Waals surface area (Å²) in [6, 6.07) is 8.77. The Bertz CT molecular complexity index is 1030. The fourth-order valence-electron chi connectivity index (χ4n) is 3.31. The molecule has 27 heavy (non-hydrogen) atoms. The Morgan fingerprint density at radius 3 is 2.81 bits per heavy atom. The predicted octanol–water partition coefficient (Wildman–Crippen LogP) is 4.98. The molecular formula is C19H16F3N3OS. The van der Waals surface area contributed by atoms with Crippen molar-refractivity contribution >= 4 is 12.2 Å². The molecule has 4 nitrogen and oxygen atoms in total. The van der Waals surface area contributed by atoms with Gasteiger partial charge in [-0.3, -0.25) is 4.90 Å². The first-order valence-electron chi connectivity index (χ1n) is 8.45. The molecule has 0 saturated heterocycles. The van der Waals surface area contributed by atoms with E-state index in [0.29, 0.717) is 23.6 Å². The topological polar surface area (TPSA) is 45.1 Å². The van der Waals surface area contributed by atoms with Gasteiger partial charge in [0.25, 0.3) is 0 Å². The van der Waals surface area contributed by atoms with E-state index in [-0.39, 0.29) is 11.3 Å². The van der Waals surface area contributed by atoms with Gasteiger partial charge in [-0.15, -0.1) is 0 Å². The molecule has 0 radical (unpaired) electrons. The summed E-state index contributed by atoms with van der Waals surface area (Å²) < 4.78 is 45.9. The molecule has 4 rings (SSSR count). The fraction of sp³-hybridized carbons (Fsp3) is 0.263. The number of nitrogens with one attached hydrogen (secondary N) is 1. The maximum atomic E-state index is 13.2. The number of benzene rings is 1. The number of halogens is 3. The van der Waals surface area contributed by atoms with Crippen molar-refractivity contribution in [1.29, 1.82) is 0 Å². The first-order chi connectivity index (χ1) is 12.9. The number of rotatable bonds is 3. The molecule has 0 unspecified atom stereocenters. The molecule has 3 heterocycles. The third-order valence-electron chi connectivity index (χ3n) is 4.59. The summed E-state index contributed by atoms with van der Waals surface area (Å²) in [6.45, 7) is 2.00. The Kier molecular flexibility index (Phi) is 4.61. The van der Waals surface area contributed by atoms with Crippen LogP contribution in [-0.4, -0.2) is 21.4 Å². The normalized spacial score (nSPS) is 14.9. The maximum absolute atomic E-state index is 13.2. The van der Waals surface area contributed by atoms with Gasteiger partial charge in [0.15, 0.2) is 4.77 Å². The van der Waals surface area contributed by atoms with Gasteiger partial charge in [-0.25, -0.2) is 4.98 Å². The minimum Gasteiger partial charge on any atom is -0.460 e. The van der Waals surface area contributed by atoms with Crippen LogP contribution in [0.5, 0.6) is 0 Å². The number of hydrogen-bond donors (Lipinski definition) is 1. The lowest BCUT2D eigenvalue weighted by molar-refractivity contribution is -0.137. The summed E-state index contributed by atoms with van der Waals surface area (Å²) in [5.74, 6) is 0.850. The van der Waals surface area contributed by atoms with Crippen LogP contribution in [0.4, 0.5) is 13.2 Å². The minimum atomic E-state index is -4.42. The van der Waals surface area contributed by atoms with Gasteiger partial charge in [-0.1, -0.05) is 18.2 Å². The Morgan fingerprint density at radius 1 is 1.19 bits per heavy atom. The van der Waals surface area contributed by atoms with E-state index in [1.807, 2.05) is 0 Å². The van der Waals surface area contributed by atoms with Crippen LogP contribution in [0.25, 0.3) is 11.3 Å². The highest BCUT2D eigenvalue weighted by molar-refractivity contribution is 7.71. The van der Waals surface area contributed by atoms with Gasteiger partial charge in [0.05, 0.1) is 12.1 Å². The second-order valence-electron chi connectivity index (χ2n) is 6.46. The van der Waals surface area contributed by atoms with Crippen LogP contribution < -0.4 is 0 Å². The Hall–Kier alpha value is -2.45. The van der Waals surface area contributed by atoms with E-state index in [9.17, 15) is 13.2 Å². The Morgan fingerprint density at radius 2 is 2.00 bits per heavy atom. The molecule has 1 aliphatic heterocycles. The lowest BCUT2D eigenvalue weighted by atomic mass is 10.1. The zero-order chi connectivity index (χ0) is 19.0. The summed E-state index contributed by atoms with van der Waals surface area (Å²) in [5.41, 5.74) is 1.52. The van der Waals surface area contributed by atoms with Crippen LogP contribution in [0.2, 0.25) is 0 Å². The van der Waals surface area contributed by atoms with E-state index in [1.165, 1.54) is 12.1 Å². The summed E-state index contributed by atoms with van der Waals surface area (Å²) in [7, 11) is 0. The molecular weight excluding hydrogens is 375 g/mol. The van der Waals surface area contributed by atoms with Crippen molar-refractivity contribution in [3.05, 3.63) is 69.9 Å². The zero-order valence-corrected chi connectivity index (χ0v) is 15.0. The molecule has 2 aromatic heterocycles. The van der Waals surface area contributed by atoms with E-state index in [1.54, 1.807) is 24.4 Å². The lowest BCUT2D eigenvalue weighted by Gasteiger charge is -2.27. The first kappa shape index (κ1) is 17.9. The van der Waals surface area contributed by atoms with Crippen molar-refractivity contribution in [1.82, 2.24) is 14.9 Å². The number of hydrogen-bond acceptors (Lipinski definition) is 4. The molecule has 0 spiro atoms. The van der Waals surface area contributed by atoms with Gasteiger partial charge in [0, 0.05) is 42.5 Å². The number of H-pyrrole nitrogens is 1. The summed E-state index contributed by atoms with van der Waals surface area (Å²) in [4.78, 5) is 9.38. The van der Waals surface area contributed by atoms with Crippen molar-refractivity contribution in [2.45, 2.75) is 25.7 Å². The molecule has 0 saturated carbocycles. The molecule has 0 atom stereocenters. The largest absolute Gasteiger partial charge is 0.460 e. The van der Waals surface area contributed by atoms with Gasteiger partial charge < -0.3 is 9.40 Å². The summed E-state index contributed by atoms with van der Waals surface area (Å²) >= 11 is 5.04. The van der Waals surface area contributed by atoms with Crippen LogP contribution in [-0.2, 0) is 25.7 Å². The van der Waals surface area contributed by atoms with Crippen molar-refractivity contribution in [3.63, 3.8) is 0 Å². The van der Waals surface area contributed by atoms with E-state index < -0.39 is 11.7 Å². The fourth-order valence-corrected chi connectivity index (χ4v) is 3.49. The van der Waals surface area contributed by atoms with Gasteiger partial charge >= 0.3 is 6.18 Å². The van der Waals surface area contributed by atoms with Gasteiger partial charge in [-0.2, -0.15) is 13.2 Å². The molecule has 1 N–H and O–H groups in total. The average molecular weight is 391 g/mol. The predicted molar refractivity (Wildman–Crippen MR) is 96.4 cm³/mol. The molecule has 0 aliphatic carbocycles. The Balaban J connectivity index is 1.53. The number of furan rings is 1. The molecule has 1 aliphatic rings. The van der Waals surface area contributed by atoms with E-state index in [0.717, 1.165) is 30.3 Å². The monoisotopic (exact) mass is 391 g/mol. The number of aromatic amines is 1. The van der Waals surface area contributed by atoms with Crippen LogP contribution >= 0.6 is 12.2 Å². The highest BCUT2D eigenvalue weighted by atomic mass is 32.1. The second kappa shape index (κ2) is 6.94. The molecule has 140 valence electrons. The van der Waals surface area contributed by atoms with Gasteiger partial charge in [-0.05, 0) is 30.4 Å². The minimum absolute atomic E-state index is 0.0528. The highest BCUT2D eigenvalue weighted by Gasteiger charge is 2.34. The summed E-state index contributed by atoms with van der Waals surface area (Å²) in [5, 5.41) is 0. The SMILES string of the molecule is FC(F)(F)c1ccccc1-c1ccc(CN2CCc3[nH]c(=S)ncc3C2)o1. The van der Waals surface area contributed by atoms with E-state index >= 15 is 0 Å². The second-order valence-corrected chi connectivity index (χ2v) is 6.85. The summed E-state index contributed by atoms with van der Waals surface area (Å²) in [6.07, 6.45) is -1.84. The third kappa shape index (κ3) is 3.81. The Labute approximate surface area is 158 Å². The average Bonchev–Trinajstić information content (AvgIpc) is 3.09. The third-order valence-corrected chi connectivity index (χ3v) is 4.80. The van der Waals surface area contributed by atoms with Crippen LogP contribution in [0.1, 0.15) is 22.6 Å². The van der Waals surface area contributed by atoms with Crippen molar-refractivity contribution < 1.29 is 17.6 Å². The number of alkyl halides is 3. The van der Waals surface area contributed by atoms with Gasteiger partial charge in [0.2, 0.25) is 0 Å². The van der Waals surface area contributed by atoms with Crippen molar-refractivity contribution in [2.75, 3.05) is 6.54 Å². The molecule has 0 fully saturated rings.